The third kappa shape index (κ3) is 2.78. The zero-order valence-corrected chi connectivity index (χ0v) is 5.81. The van der Waals surface area contributed by atoms with Gasteiger partial charge >= 0.3 is 6.18 Å². The molecule has 0 bridgehead atoms. The third-order valence-corrected chi connectivity index (χ3v) is 1.05. The van der Waals surface area contributed by atoms with E-state index in [1.807, 2.05) is 0 Å². The lowest BCUT2D eigenvalue weighted by Gasteiger charge is -2.14. The van der Waals surface area contributed by atoms with Crippen LogP contribution >= 0.6 is 0 Å². The Labute approximate surface area is 62.7 Å². The highest BCUT2D eigenvalue weighted by Crippen LogP contribution is 2.19. The summed E-state index contributed by atoms with van der Waals surface area (Å²) in [6.45, 7) is 3.03. The minimum absolute atomic E-state index is 0.308. The van der Waals surface area contributed by atoms with E-state index in [1.165, 1.54) is 0 Å². The van der Waals surface area contributed by atoms with Gasteiger partial charge in [0, 0.05) is 0 Å². The zero-order valence-electron chi connectivity index (χ0n) is 5.81. The molecule has 11 heavy (non-hydrogen) atoms. The highest BCUT2D eigenvalue weighted by Gasteiger charge is 2.32. The van der Waals surface area contributed by atoms with Crippen LogP contribution in [0.5, 0.6) is 0 Å². The van der Waals surface area contributed by atoms with Gasteiger partial charge in [-0.2, -0.15) is 13.2 Å². The van der Waals surface area contributed by atoms with Gasteiger partial charge in [0.15, 0.2) is 6.34 Å². The summed E-state index contributed by atoms with van der Waals surface area (Å²) in [7, 11) is 0. The number of aliphatic imine (C=N–C) groups is 1. The number of alkyl halides is 3. The van der Waals surface area contributed by atoms with Crippen molar-refractivity contribution in [3.05, 3.63) is 6.54 Å². The molecule has 0 aromatic carbocycles. The smallest absolute Gasteiger partial charge is 0.332 e. The van der Waals surface area contributed by atoms with Crippen LogP contribution in [0.2, 0.25) is 0 Å². The Morgan fingerprint density at radius 2 is 2.18 bits per heavy atom. The molecule has 0 aromatic heterocycles. The summed E-state index contributed by atoms with van der Waals surface area (Å²) in [6, 6.07) is -0.308. The summed E-state index contributed by atoms with van der Waals surface area (Å²) >= 11 is 0. The third-order valence-electron chi connectivity index (χ3n) is 1.05. The molecule has 0 amide bonds. The Balaban J connectivity index is 2.36. The molecule has 1 rings (SSSR count). The summed E-state index contributed by atoms with van der Waals surface area (Å²) < 4.78 is 35.0. The van der Waals surface area contributed by atoms with Crippen LogP contribution < -0.4 is 0 Å². The van der Waals surface area contributed by atoms with Gasteiger partial charge in [-0.25, -0.2) is 0 Å². The molecule has 0 N–H and O–H groups in total. The summed E-state index contributed by atoms with van der Waals surface area (Å²) in [5.74, 6) is 0. The summed E-state index contributed by atoms with van der Waals surface area (Å²) in [5, 5.41) is 0. The topological polar surface area (TPSA) is 15.6 Å². The van der Waals surface area contributed by atoms with E-state index in [9.17, 15) is 13.2 Å². The first kappa shape index (κ1) is 8.36. The van der Waals surface area contributed by atoms with Gasteiger partial charge in [0.25, 0.3) is 0 Å². The second-order valence-corrected chi connectivity index (χ2v) is 2.24. The second-order valence-electron chi connectivity index (χ2n) is 2.24. The van der Waals surface area contributed by atoms with Crippen LogP contribution in [0, 0.1) is 6.54 Å². The first-order chi connectivity index (χ1) is 4.97. The minimum Gasteiger partial charge on any atom is -0.332 e. The average molecular weight is 163 g/mol. The molecule has 0 saturated heterocycles. The van der Waals surface area contributed by atoms with Crippen molar-refractivity contribution in [2.24, 2.45) is 4.99 Å². The fourth-order valence-electron chi connectivity index (χ4n) is 0.700. The van der Waals surface area contributed by atoms with Gasteiger partial charge in [0.05, 0.1) is 6.04 Å². The van der Waals surface area contributed by atoms with E-state index in [0.717, 1.165) is 4.90 Å². The fourth-order valence-corrected chi connectivity index (χ4v) is 0.700. The van der Waals surface area contributed by atoms with Gasteiger partial charge in [-0.1, -0.05) is 0 Å². The predicted octanol–water partition coefficient (Wildman–Crippen LogP) is 1.20. The number of rotatable bonds is 1. The summed E-state index contributed by atoms with van der Waals surface area (Å²) in [6.07, 6.45) is -2.02. The van der Waals surface area contributed by atoms with Gasteiger partial charge in [-0.15, -0.1) is 0 Å². The highest BCUT2D eigenvalue weighted by molar-refractivity contribution is 5.59. The molecule has 1 aliphatic rings. The maximum atomic E-state index is 11.7. The maximum absolute atomic E-state index is 11.7. The van der Waals surface area contributed by atoms with Gasteiger partial charge in [0.2, 0.25) is 0 Å². The van der Waals surface area contributed by atoms with Crippen molar-refractivity contribution in [2.75, 3.05) is 6.54 Å². The molecule has 0 aliphatic carbocycles. The lowest BCUT2D eigenvalue weighted by Crippen LogP contribution is -2.30. The van der Waals surface area contributed by atoms with E-state index in [0.29, 0.717) is 0 Å². The molecule has 0 fully saturated rings. The lowest BCUT2D eigenvalue weighted by molar-refractivity contribution is -0.134. The molecular weight excluding hydrogens is 157 g/mol. The Hall–Kier alpha value is -0.740. The molecule has 61 valence electrons. The van der Waals surface area contributed by atoms with Crippen LogP contribution in [0.15, 0.2) is 4.99 Å². The number of hydrogen-bond donors (Lipinski definition) is 0. The monoisotopic (exact) mass is 163 g/mol. The van der Waals surface area contributed by atoms with E-state index in [2.05, 4.69) is 17.9 Å². The van der Waals surface area contributed by atoms with Crippen LogP contribution in [0.4, 0.5) is 13.2 Å². The maximum Gasteiger partial charge on any atom is 0.406 e. The van der Waals surface area contributed by atoms with Gasteiger partial charge < -0.3 is 4.90 Å². The Morgan fingerprint density at radius 3 is 2.55 bits per heavy atom. The number of nitrogens with zero attached hydrogens (tertiary/aromatic N) is 2. The Kier molecular flexibility index (Phi) is 2.06. The molecule has 0 saturated carbocycles. The van der Waals surface area contributed by atoms with Crippen molar-refractivity contribution in [1.29, 1.82) is 0 Å². The van der Waals surface area contributed by atoms with E-state index >= 15 is 0 Å². The second kappa shape index (κ2) is 2.71. The molecule has 0 spiro atoms. The highest BCUT2D eigenvalue weighted by atomic mass is 19.4. The lowest BCUT2D eigenvalue weighted by atomic mass is 10.3. The molecular formula is C6H6F3N2. The Bertz CT molecular complexity index is 164. The minimum atomic E-state index is -4.21. The average Bonchev–Trinajstić information content (AvgIpc) is 2.10. The number of hydrogen-bond acceptors (Lipinski definition) is 2. The van der Waals surface area contributed by atoms with Crippen LogP contribution in [0.25, 0.3) is 0 Å². The van der Waals surface area contributed by atoms with Crippen molar-refractivity contribution in [3.63, 3.8) is 0 Å². The molecule has 1 aliphatic heterocycles. The van der Waals surface area contributed by atoms with E-state index in [4.69, 9.17) is 0 Å². The van der Waals surface area contributed by atoms with Crippen molar-refractivity contribution in [1.82, 2.24) is 4.90 Å². The molecule has 0 aromatic rings. The molecule has 5 heteroatoms. The van der Waals surface area contributed by atoms with E-state index in [1.54, 1.807) is 6.92 Å². The normalized spacial score (nSPS) is 24.7. The quantitative estimate of drug-likeness (QED) is 0.567. The molecule has 1 atom stereocenters. The van der Waals surface area contributed by atoms with Crippen LogP contribution in [0.3, 0.4) is 0 Å². The predicted molar refractivity (Wildman–Crippen MR) is 32.9 cm³/mol. The zero-order chi connectivity index (χ0) is 8.48. The van der Waals surface area contributed by atoms with Crippen molar-refractivity contribution in [2.45, 2.75) is 19.1 Å². The molecule has 1 unspecified atom stereocenters. The van der Waals surface area contributed by atoms with Gasteiger partial charge in [0.1, 0.15) is 13.1 Å². The first-order valence-electron chi connectivity index (χ1n) is 3.03. The molecule has 1 heterocycles. The first-order valence-corrected chi connectivity index (χ1v) is 3.03. The van der Waals surface area contributed by atoms with Crippen LogP contribution in [-0.4, -0.2) is 30.0 Å². The molecule has 2 nitrogen and oxygen atoms in total. The fraction of sp³-hybridized carbons (Fsp3) is 0.667. The van der Waals surface area contributed by atoms with E-state index < -0.39 is 12.7 Å². The van der Waals surface area contributed by atoms with Crippen molar-refractivity contribution < 1.29 is 13.2 Å². The molecule has 3 radical (unpaired) electrons. The summed E-state index contributed by atoms with van der Waals surface area (Å²) in [5.41, 5.74) is 0. The van der Waals surface area contributed by atoms with Crippen LogP contribution in [0.1, 0.15) is 6.92 Å². The van der Waals surface area contributed by atoms with Crippen molar-refractivity contribution >= 4 is 6.34 Å². The number of halogens is 3. The van der Waals surface area contributed by atoms with E-state index in [-0.39, 0.29) is 6.04 Å². The van der Waals surface area contributed by atoms with Gasteiger partial charge in [-0.3, -0.25) is 4.99 Å². The standard InChI is InChI=1S/C6H6F3N2/c1-5-2-11(4-10-5)3-6(7,8)9/h5H,3H2,1H3. The largest absolute Gasteiger partial charge is 0.406 e. The van der Waals surface area contributed by atoms with Gasteiger partial charge in [-0.05, 0) is 6.92 Å². The Morgan fingerprint density at radius 1 is 1.55 bits per heavy atom. The SMILES string of the molecule is CC1[C]N(CC(F)(F)F)[C]=N1. The van der Waals surface area contributed by atoms with Crippen molar-refractivity contribution in [3.8, 4) is 0 Å². The summed E-state index contributed by atoms with van der Waals surface area (Å²) in [4.78, 5) is 4.36. The van der Waals surface area contributed by atoms with Crippen LogP contribution in [-0.2, 0) is 0 Å².